The van der Waals surface area contributed by atoms with E-state index in [9.17, 15) is 18.0 Å². The normalized spacial score (nSPS) is 14.0. The van der Waals surface area contributed by atoms with E-state index >= 15 is 0 Å². The second-order valence-corrected chi connectivity index (χ2v) is 7.41. The number of nitrogens with two attached hydrogens (primary N) is 1. The first-order valence-corrected chi connectivity index (χ1v) is 9.59. The highest BCUT2D eigenvalue weighted by molar-refractivity contribution is 6.30. The lowest BCUT2D eigenvalue weighted by atomic mass is 10.0. The van der Waals surface area contributed by atoms with Gasteiger partial charge in [0.1, 0.15) is 16.7 Å². The van der Waals surface area contributed by atoms with E-state index in [0.717, 1.165) is 6.07 Å². The fourth-order valence-corrected chi connectivity index (χ4v) is 3.20. The number of nitrogens with zero attached hydrogens (tertiary/aromatic N) is 2. The Morgan fingerprint density at radius 1 is 1.30 bits per heavy atom. The SMILES string of the molecule is CC(N)c1cccc(C(F)(F)F)c1OCCC(C)c1nc2cnc(Cl)cc2c(=O)[nH]1. The van der Waals surface area contributed by atoms with Crippen molar-refractivity contribution in [1.29, 1.82) is 0 Å². The first-order valence-electron chi connectivity index (χ1n) is 9.22. The van der Waals surface area contributed by atoms with Gasteiger partial charge in [-0.3, -0.25) is 4.79 Å². The Labute approximate surface area is 175 Å². The minimum Gasteiger partial charge on any atom is -0.493 e. The van der Waals surface area contributed by atoms with E-state index in [0.29, 0.717) is 23.1 Å². The maximum absolute atomic E-state index is 13.4. The predicted octanol–water partition coefficient (Wildman–Crippen LogP) is 4.58. The van der Waals surface area contributed by atoms with Crippen molar-refractivity contribution >= 4 is 22.5 Å². The molecule has 0 aliphatic heterocycles. The summed E-state index contributed by atoms with van der Waals surface area (Å²) in [5, 5.41) is 0.486. The van der Waals surface area contributed by atoms with Crippen molar-refractivity contribution < 1.29 is 17.9 Å². The van der Waals surface area contributed by atoms with Crippen molar-refractivity contribution in [2.75, 3.05) is 6.61 Å². The summed E-state index contributed by atoms with van der Waals surface area (Å²) in [7, 11) is 0. The van der Waals surface area contributed by atoms with Crippen molar-refractivity contribution in [2.45, 2.75) is 38.4 Å². The van der Waals surface area contributed by atoms with Crippen LogP contribution >= 0.6 is 11.6 Å². The lowest BCUT2D eigenvalue weighted by Crippen LogP contribution is -2.17. The molecule has 1 aromatic carbocycles. The van der Waals surface area contributed by atoms with Crippen LogP contribution in [0.15, 0.2) is 35.3 Å². The van der Waals surface area contributed by atoms with Crippen molar-refractivity contribution in [3.8, 4) is 5.75 Å². The number of ether oxygens (including phenoxy) is 1. The molecule has 0 aliphatic carbocycles. The lowest BCUT2D eigenvalue weighted by molar-refractivity contribution is -0.139. The van der Waals surface area contributed by atoms with Crippen LogP contribution in [-0.4, -0.2) is 21.6 Å². The number of alkyl halides is 3. The minimum atomic E-state index is -4.56. The van der Waals surface area contributed by atoms with Gasteiger partial charge in [0.2, 0.25) is 0 Å². The average Bonchev–Trinajstić information content (AvgIpc) is 2.67. The summed E-state index contributed by atoms with van der Waals surface area (Å²) in [5.74, 6) is -0.169. The van der Waals surface area contributed by atoms with Crippen molar-refractivity contribution in [3.63, 3.8) is 0 Å². The molecule has 2 aromatic heterocycles. The molecule has 10 heteroatoms. The summed E-state index contributed by atoms with van der Waals surface area (Å²) in [5.41, 5.74) is 5.24. The Hall–Kier alpha value is -2.65. The largest absolute Gasteiger partial charge is 0.493 e. The molecule has 0 amide bonds. The van der Waals surface area contributed by atoms with Crippen molar-refractivity contribution in [3.05, 3.63) is 62.9 Å². The second kappa shape index (κ2) is 8.61. The maximum Gasteiger partial charge on any atom is 0.419 e. The Bertz CT molecular complexity index is 1120. The quantitative estimate of drug-likeness (QED) is 0.547. The molecule has 3 rings (SSSR count). The highest BCUT2D eigenvalue weighted by Crippen LogP contribution is 2.40. The molecule has 6 nitrogen and oxygen atoms in total. The zero-order chi connectivity index (χ0) is 22.1. The number of fused-ring (bicyclic) bond motifs is 1. The monoisotopic (exact) mass is 440 g/mol. The molecule has 0 aliphatic rings. The molecule has 2 heterocycles. The molecule has 2 unspecified atom stereocenters. The third-order valence-corrected chi connectivity index (χ3v) is 4.89. The topological polar surface area (TPSA) is 93.9 Å². The molecule has 160 valence electrons. The molecule has 0 spiro atoms. The second-order valence-electron chi connectivity index (χ2n) is 7.02. The van der Waals surface area contributed by atoms with E-state index in [1.165, 1.54) is 24.4 Å². The van der Waals surface area contributed by atoms with Crippen molar-refractivity contribution in [2.24, 2.45) is 5.73 Å². The van der Waals surface area contributed by atoms with Gasteiger partial charge in [0, 0.05) is 17.5 Å². The highest BCUT2D eigenvalue weighted by Gasteiger charge is 2.35. The van der Waals surface area contributed by atoms with Crippen LogP contribution < -0.4 is 16.0 Å². The van der Waals surface area contributed by atoms with Gasteiger partial charge in [-0.05, 0) is 25.5 Å². The van der Waals surface area contributed by atoms with Crippen LogP contribution in [0.5, 0.6) is 5.75 Å². The Morgan fingerprint density at radius 3 is 2.70 bits per heavy atom. The molecule has 0 saturated carbocycles. The fraction of sp³-hybridized carbons (Fsp3) is 0.350. The van der Waals surface area contributed by atoms with E-state index in [2.05, 4.69) is 15.0 Å². The number of nitrogens with one attached hydrogen (secondary N) is 1. The van der Waals surface area contributed by atoms with Crippen LogP contribution in [0.25, 0.3) is 10.9 Å². The van der Waals surface area contributed by atoms with Gasteiger partial charge in [-0.1, -0.05) is 30.7 Å². The number of hydrogen-bond donors (Lipinski definition) is 2. The van der Waals surface area contributed by atoms with Gasteiger partial charge in [-0.25, -0.2) is 9.97 Å². The summed E-state index contributed by atoms with van der Waals surface area (Å²) in [6.45, 7) is 3.36. The number of para-hydroxylation sites is 1. The smallest absolute Gasteiger partial charge is 0.419 e. The molecule has 3 aromatic rings. The van der Waals surface area contributed by atoms with Gasteiger partial charge in [0.05, 0.1) is 29.3 Å². The van der Waals surface area contributed by atoms with Crippen molar-refractivity contribution in [1.82, 2.24) is 15.0 Å². The average molecular weight is 441 g/mol. The number of pyridine rings is 1. The van der Waals surface area contributed by atoms with Gasteiger partial charge >= 0.3 is 6.18 Å². The van der Waals surface area contributed by atoms with Gasteiger partial charge in [0.25, 0.3) is 5.56 Å². The van der Waals surface area contributed by atoms with Crippen LogP contribution in [0.4, 0.5) is 13.2 Å². The Balaban J connectivity index is 1.80. The fourth-order valence-electron chi connectivity index (χ4n) is 3.04. The number of halogens is 4. The zero-order valence-electron chi connectivity index (χ0n) is 16.3. The summed E-state index contributed by atoms with van der Waals surface area (Å²) in [4.78, 5) is 23.2. The number of hydrogen-bond acceptors (Lipinski definition) is 5. The Kier molecular flexibility index (Phi) is 6.33. The molecule has 30 heavy (non-hydrogen) atoms. The number of aromatic nitrogens is 3. The molecule has 0 fully saturated rings. The zero-order valence-corrected chi connectivity index (χ0v) is 17.0. The standard InChI is InChI=1S/C20H20ClF3N4O2/c1-10(18-27-15-9-26-16(21)8-13(15)19(29)28-18)6-7-30-17-12(11(2)25)4-3-5-14(17)20(22,23)24/h3-5,8-11H,6-7,25H2,1-2H3,(H,27,28,29). The van der Waals surface area contributed by atoms with Crippen LogP contribution in [0, 0.1) is 0 Å². The molecular weight excluding hydrogens is 421 g/mol. The summed E-state index contributed by atoms with van der Waals surface area (Å²) >= 11 is 5.80. The molecule has 0 radical (unpaired) electrons. The van der Waals surface area contributed by atoms with Crippen LogP contribution in [0.1, 0.15) is 49.2 Å². The van der Waals surface area contributed by atoms with Gasteiger partial charge < -0.3 is 15.5 Å². The van der Waals surface area contributed by atoms with E-state index in [4.69, 9.17) is 22.1 Å². The minimum absolute atomic E-state index is 0.0193. The van der Waals surface area contributed by atoms with Gasteiger partial charge in [-0.15, -0.1) is 0 Å². The molecular formula is C20H20ClF3N4O2. The summed E-state index contributed by atoms with van der Waals surface area (Å²) in [6.07, 6.45) is -2.85. The molecule has 2 atom stereocenters. The summed E-state index contributed by atoms with van der Waals surface area (Å²) < 4.78 is 45.7. The number of aromatic amines is 1. The van der Waals surface area contributed by atoms with E-state index in [-0.39, 0.29) is 34.6 Å². The van der Waals surface area contributed by atoms with E-state index < -0.39 is 17.8 Å². The molecule has 0 bridgehead atoms. The van der Waals surface area contributed by atoms with Crippen LogP contribution in [-0.2, 0) is 6.18 Å². The predicted molar refractivity (Wildman–Crippen MR) is 108 cm³/mol. The molecule has 3 N–H and O–H groups in total. The third-order valence-electron chi connectivity index (χ3n) is 4.68. The molecule has 0 saturated heterocycles. The lowest BCUT2D eigenvalue weighted by Gasteiger charge is -2.20. The highest BCUT2D eigenvalue weighted by atomic mass is 35.5. The first kappa shape index (κ1) is 22.0. The third kappa shape index (κ3) is 4.73. The van der Waals surface area contributed by atoms with Gasteiger partial charge in [0.15, 0.2) is 0 Å². The van der Waals surface area contributed by atoms with Crippen LogP contribution in [0.3, 0.4) is 0 Å². The number of benzene rings is 1. The Morgan fingerprint density at radius 2 is 2.03 bits per heavy atom. The number of H-pyrrole nitrogens is 1. The number of rotatable bonds is 6. The van der Waals surface area contributed by atoms with E-state index in [1.807, 2.05) is 0 Å². The van der Waals surface area contributed by atoms with Crippen LogP contribution in [0.2, 0.25) is 5.15 Å². The maximum atomic E-state index is 13.4. The summed E-state index contributed by atoms with van der Waals surface area (Å²) in [6, 6.07) is 4.58. The first-order chi connectivity index (χ1) is 14.1. The van der Waals surface area contributed by atoms with E-state index in [1.54, 1.807) is 13.8 Å². The van der Waals surface area contributed by atoms with Gasteiger partial charge in [-0.2, -0.15) is 13.2 Å².